The SMILES string of the molecule is COC(=O)C1CCC(O)(O)C1.Cl. The molecule has 0 aromatic rings. The third-order valence-corrected chi connectivity index (χ3v) is 2.00. The summed E-state index contributed by atoms with van der Waals surface area (Å²) < 4.78 is 4.47. The molecule has 1 atom stereocenters. The van der Waals surface area contributed by atoms with Gasteiger partial charge in [0.15, 0.2) is 5.79 Å². The van der Waals surface area contributed by atoms with Gasteiger partial charge in [-0.2, -0.15) is 0 Å². The monoisotopic (exact) mass is 196 g/mol. The molecule has 5 heteroatoms. The Hall–Kier alpha value is -0.320. The maximum absolute atomic E-state index is 10.9. The van der Waals surface area contributed by atoms with Gasteiger partial charge in [0, 0.05) is 12.8 Å². The summed E-state index contributed by atoms with van der Waals surface area (Å²) >= 11 is 0. The van der Waals surface area contributed by atoms with Crippen molar-refractivity contribution in [1.29, 1.82) is 0 Å². The first kappa shape index (κ1) is 11.7. The minimum Gasteiger partial charge on any atom is -0.469 e. The topological polar surface area (TPSA) is 66.8 Å². The van der Waals surface area contributed by atoms with Crippen molar-refractivity contribution in [3.05, 3.63) is 0 Å². The first-order valence-electron chi connectivity index (χ1n) is 3.58. The van der Waals surface area contributed by atoms with Crippen molar-refractivity contribution < 1.29 is 19.7 Å². The van der Waals surface area contributed by atoms with Crippen LogP contribution < -0.4 is 0 Å². The lowest BCUT2D eigenvalue weighted by molar-refractivity contribution is -0.163. The van der Waals surface area contributed by atoms with Gasteiger partial charge in [-0.1, -0.05) is 0 Å². The largest absolute Gasteiger partial charge is 0.469 e. The Morgan fingerprint density at radius 2 is 2.17 bits per heavy atom. The second-order valence-corrected chi connectivity index (χ2v) is 2.95. The van der Waals surface area contributed by atoms with E-state index in [0.717, 1.165) is 0 Å². The fourth-order valence-corrected chi connectivity index (χ4v) is 1.37. The smallest absolute Gasteiger partial charge is 0.308 e. The minimum atomic E-state index is -1.65. The van der Waals surface area contributed by atoms with Crippen LogP contribution in [0.1, 0.15) is 19.3 Å². The summed E-state index contributed by atoms with van der Waals surface area (Å²) in [4.78, 5) is 10.9. The Morgan fingerprint density at radius 1 is 1.58 bits per heavy atom. The van der Waals surface area contributed by atoms with Crippen LogP contribution in [0.3, 0.4) is 0 Å². The summed E-state index contributed by atoms with van der Waals surface area (Å²) in [5.74, 6) is -2.34. The molecule has 0 amide bonds. The van der Waals surface area contributed by atoms with Crippen LogP contribution >= 0.6 is 12.4 Å². The summed E-state index contributed by atoms with van der Waals surface area (Å²) in [6.07, 6.45) is 0.853. The average molecular weight is 197 g/mol. The second kappa shape index (κ2) is 4.07. The van der Waals surface area contributed by atoms with Crippen LogP contribution in [0, 0.1) is 5.92 Å². The third kappa shape index (κ3) is 2.62. The van der Waals surface area contributed by atoms with E-state index >= 15 is 0 Å². The van der Waals surface area contributed by atoms with E-state index in [1.807, 2.05) is 0 Å². The highest BCUT2D eigenvalue weighted by molar-refractivity contribution is 5.85. The predicted molar refractivity (Wildman–Crippen MR) is 43.8 cm³/mol. The number of halogens is 1. The van der Waals surface area contributed by atoms with E-state index in [2.05, 4.69) is 4.74 Å². The number of aliphatic hydroxyl groups is 2. The van der Waals surface area contributed by atoms with E-state index in [9.17, 15) is 4.79 Å². The Labute approximate surface area is 76.9 Å². The number of ether oxygens (including phenoxy) is 1. The van der Waals surface area contributed by atoms with Crippen molar-refractivity contribution in [3.63, 3.8) is 0 Å². The third-order valence-electron chi connectivity index (χ3n) is 2.00. The highest BCUT2D eigenvalue weighted by Crippen LogP contribution is 2.32. The Bertz CT molecular complexity index is 169. The number of carbonyl (C=O) groups is 1. The van der Waals surface area contributed by atoms with Gasteiger partial charge in [0.05, 0.1) is 13.0 Å². The van der Waals surface area contributed by atoms with Gasteiger partial charge in [0.25, 0.3) is 0 Å². The molecule has 0 heterocycles. The van der Waals surface area contributed by atoms with Gasteiger partial charge in [-0.15, -0.1) is 12.4 Å². The second-order valence-electron chi connectivity index (χ2n) is 2.95. The van der Waals surface area contributed by atoms with Gasteiger partial charge < -0.3 is 14.9 Å². The number of methoxy groups -OCH3 is 1. The van der Waals surface area contributed by atoms with Gasteiger partial charge >= 0.3 is 5.97 Å². The van der Waals surface area contributed by atoms with Crippen molar-refractivity contribution in [2.75, 3.05) is 7.11 Å². The molecule has 1 aliphatic carbocycles. The van der Waals surface area contributed by atoms with Crippen LogP contribution in [-0.4, -0.2) is 29.1 Å². The van der Waals surface area contributed by atoms with Gasteiger partial charge in [-0.05, 0) is 6.42 Å². The molecule has 12 heavy (non-hydrogen) atoms. The van der Waals surface area contributed by atoms with Crippen LogP contribution in [-0.2, 0) is 9.53 Å². The Morgan fingerprint density at radius 3 is 2.50 bits per heavy atom. The van der Waals surface area contributed by atoms with Crippen LogP contribution in [0.4, 0.5) is 0 Å². The zero-order chi connectivity index (χ0) is 8.48. The molecule has 4 nitrogen and oxygen atoms in total. The Kier molecular flexibility index (Phi) is 3.96. The van der Waals surface area contributed by atoms with E-state index in [0.29, 0.717) is 6.42 Å². The van der Waals surface area contributed by atoms with Crippen molar-refractivity contribution in [2.24, 2.45) is 5.92 Å². The number of carbonyl (C=O) groups excluding carboxylic acids is 1. The molecule has 0 bridgehead atoms. The molecular weight excluding hydrogens is 184 g/mol. The van der Waals surface area contributed by atoms with Crippen LogP contribution in [0.15, 0.2) is 0 Å². The molecule has 0 saturated heterocycles. The van der Waals surface area contributed by atoms with Crippen molar-refractivity contribution >= 4 is 18.4 Å². The molecule has 0 aromatic carbocycles. The molecular formula is C7H13ClO4. The molecule has 2 N–H and O–H groups in total. The van der Waals surface area contributed by atoms with E-state index in [1.165, 1.54) is 7.11 Å². The molecule has 72 valence electrons. The van der Waals surface area contributed by atoms with Crippen LogP contribution in [0.25, 0.3) is 0 Å². The minimum absolute atomic E-state index is 0. The van der Waals surface area contributed by atoms with Gasteiger partial charge in [0.1, 0.15) is 0 Å². The van der Waals surface area contributed by atoms with Crippen LogP contribution in [0.2, 0.25) is 0 Å². The highest BCUT2D eigenvalue weighted by atomic mass is 35.5. The molecule has 1 fully saturated rings. The number of hydrogen-bond donors (Lipinski definition) is 2. The normalized spacial score (nSPS) is 26.1. The van der Waals surface area contributed by atoms with Crippen molar-refractivity contribution in [3.8, 4) is 0 Å². The molecule has 1 unspecified atom stereocenters. The van der Waals surface area contributed by atoms with E-state index < -0.39 is 5.79 Å². The summed E-state index contributed by atoms with van der Waals surface area (Å²) in [6, 6.07) is 0. The van der Waals surface area contributed by atoms with Crippen molar-refractivity contribution in [1.82, 2.24) is 0 Å². The summed E-state index contributed by atoms with van der Waals surface area (Å²) in [5, 5.41) is 18.1. The first-order valence-corrected chi connectivity index (χ1v) is 3.58. The van der Waals surface area contributed by atoms with E-state index in [4.69, 9.17) is 10.2 Å². The van der Waals surface area contributed by atoms with E-state index in [-0.39, 0.29) is 37.1 Å². The van der Waals surface area contributed by atoms with Gasteiger partial charge in [-0.3, -0.25) is 4.79 Å². The molecule has 0 radical (unpaired) electrons. The fraction of sp³-hybridized carbons (Fsp3) is 0.857. The first-order chi connectivity index (χ1) is 5.05. The lowest BCUT2D eigenvalue weighted by atomic mass is 10.1. The summed E-state index contributed by atoms with van der Waals surface area (Å²) in [7, 11) is 1.30. The zero-order valence-corrected chi connectivity index (χ0v) is 7.63. The molecule has 1 aliphatic rings. The van der Waals surface area contributed by atoms with Crippen molar-refractivity contribution in [2.45, 2.75) is 25.0 Å². The molecule has 1 rings (SSSR count). The standard InChI is InChI=1S/C7H12O4.ClH/c1-11-6(8)5-2-3-7(9,10)4-5;/h5,9-10H,2-4H2,1H3;1H. The van der Waals surface area contributed by atoms with Gasteiger partial charge in [-0.25, -0.2) is 0 Å². The quantitative estimate of drug-likeness (QED) is 0.460. The van der Waals surface area contributed by atoms with E-state index in [1.54, 1.807) is 0 Å². The molecule has 0 aliphatic heterocycles. The maximum atomic E-state index is 10.9. The fourth-order valence-electron chi connectivity index (χ4n) is 1.37. The highest BCUT2D eigenvalue weighted by Gasteiger charge is 2.39. The Balaban J connectivity index is 0.00000121. The number of esters is 1. The summed E-state index contributed by atoms with van der Waals surface area (Å²) in [6.45, 7) is 0. The number of hydrogen-bond acceptors (Lipinski definition) is 4. The molecule has 0 spiro atoms. The number of rotatable bonds is 1. The van der Waals surface area contributed by atoms with Gasteiger partial charge in [0.2, 0.25) is 0 Å². The average Bonchev–Trinajstić information content (AvgIpc) is 2.29. The lowest BCUT2D eigenvalue weighted by Gasteiger charge is -2.13. The lowest BCUT2D eigenvalue weighted by Crippen LogP contribution is -2.25. The summed E-state index contributed by atoms with van der Waals surface area (Å²) in [5.41, 5.74) is 0. The maximum Gasteiger partial charge on any atom is 0.308 e. The molecule has 0 aromatic heterocycles. The predicted octanol–water partition coefficient (Wildman–Crippen LogP) is 0.0622. The zero-order valence-electron chi connectivity index (χ0n) is 6.82. The molecule has 1 saturated carbocycles. The van der Waals surface area contributed by atoms with Crippen LogP contribution in [0.5, 0.6) is 0 Å².